The third-order valence-corrected chi connectivity index (χ3v) is 15.8. The van der Waals surface area contributed by atoms with Gasteiger partial charge in [0.1, 0.15) is 10.8 Å². The van der Waals surface area contributed by atoms with Gasteiger partial charge in [0.25, 0.3) is 5.91 Å². The quantitative estimate of drug-likeness (QED) is 0.202. The lowest BCUT2D eigenvalue weighted by atomic mass is 10.2. The minimum absolute atomic E-state index is 0.105. The van der Waals surface area contributed by atoms with Crippen molar-refractivity contribution in [2.45, 2.75) is 81.5 Å². The van der Waals surface area contributed by atoms with Crippen LogP contribution in [-0.2, 0) is 26.9 Å². The zero-order valence-electron chi connectivity index (χ0n) is 27.3. The Morgan fingerprint density at radius 2 is 1.53 bits per heavy atom. The van der Waals surface area contributed by atoms with Gasteiger partial charge >= 0.3 is 0 Å². The second-order valence-electron chi connectivity index (χ2n) is 12.8. The first kappa shape index (κ1) is 34.9. The van der Waals surface area contributed by atoms with Crippen LogP contribution in [0.5, 0.6) is 0 Å². The van der Waals surface area contributed by atoms with Crippen LogP contribution in [-0.4, -0.2) is 75.0 Å². The molecule has 3 heterocycles. The summed E-state index contributed by atoms with van der Waals surface area (Å²) >= 11 is 1.33. The number of fused-ring (bicyclic) bond motifs is 1. The highest BCUT2D eigenvalue weighted by atomic mass is 32.2. The van der Waals surface area contributed by atoms with Crippen molar-refractivity contribution < 1.29 is 18.3 Å². The van der Waals surface area contributed by atoms with Crippen molar-refractivity contribution in [3.63, 3.8) is 0 Å². The number of rotatable bonds is 10. The third-order valence-electron chi connectivity index (χ3n) is 8.59. The Morgan fingerprint density at radius 1 is 0.911 bits per heavy atom. The largest absolute Gasteiger partial charge is 0.381 e. The molecule has 5 rings (SSSR count). The molecule has 1 fully saturated rings. The molecule has 0 spiro atoms. The van der Waals surface area contributed by atoms with Gasteiger partial charge in [0.2, 0.25) is 0 Å². The topological polar surface area (TPSA) is 95.7 Å². The minimum Gasteiger partial charge on any atom is -0.381 e. The van der Waals surface area contributed by atoms with E-state index in [-0.39, 0.29) is 23.1 Å². The molecule has 4 aromatic rings. The van der Waals surface area contributed by atoms with Gasteiger partial charge in [-0.25, -0.2) is 13.4 Å². The molecule has 1 aliphatic rings. The summed E-state index contributed by atoms with van der Waals surface area (Å²) in [4.78, 5) is 21.0. The number of aromatic nitrogens is 2. The van der Waals surface area contributed by atoms with Gasteiger partial charge in [0.05, 0.1) is 11.4 Å². The highest BCUT2D eigenvalue weighted by Crippen LogP contribution is 2.29. The molecule has 1 amide bonds. The summed E-state index contributed by atoms with van der Waals surface area (Å²) in [6.07, 6.45) is 2.38. The van der Waals surface area contributed by atoms with E-state index in [1.165, 1.54) is 11.3 Å². The van der Waals surface area contributed by atoms with Gasteiger partial charge in [-0.15, -0.1) is 11.3 Å². The Bertz CT molecular complexity index is 1590. The average molecular weight is 669 g/mol. The van der Waals surface area contributed by atoms with E-state index in [1.807, 2.05) is 41.1 Å². The van der Waals surface area contributed by atoms with Crippen LogP contribution in [0.15, 0.2) is 77.3 Å². The molecule has 1 saturated heterocycles. The Hall–Kier alpha value is -2.99. The Morgan fingerprint density at radius 3 is 2.09 bits per heavy atom. The Kier molecular flexibility index (Phi) is 12.0. The number of thiazole rings is 1. The first-order valence-corrected chi connectivity index (χ1v) is 20.4. The molecule has 0 radical (unpaired) electrons. The van der Waals surface area contributed by atoms with Gasteiger partial charge in [0.15, 0.2) is 15.9 Å². The van der Waals surface area contributed by atoms with E-state index in [0.29, 0.717) is 31.2 Å². The molecule has 1 aliphatic heterocycles. The highest BCUT2D eigenvalue weighted by molar-refractivity contribution is 7.90. The summed E-state index contributed by atoms with van der Waals surface area (Å²) in [5, 5.41) is 14.0. The number of anilines is 1. The number of carbonyl (C=O) groups excluding carboxylic acids is 1. The molecule has 1 N–H and O–H groups in total. The molecule has 0 bridgehead atoms. The molecule has 244 valence electrons. The van der Waals surface area contributed by atoms with Crippen molar-refractivity contribution in [1.29, 1.82) is 0 Å². The van der Waals surface area contributed by atoms with E-state index in [4.69, 9.17) is 0 Å². The lowest BCUT2D eigenvalue weighted by Gasteiger charge is -2.37. The fourth-order valence-corrected chi connectivity index (χ4v) is 13.6. The number of sulfone groups is 1. The van der Waals surface area contributed by atoms with Crippen LogP contribution in [0.2, 0.25) is 16.6 Å². The third kappa shape index (κ3) is 9.06. The predicted octanol–water partition coefficient (Wildman–Crippen LogP) is 6.22. The zero-order valence-corrected chi connectivity index (χ0v) is 30.1. The van der Waals surface area contributed by atoms with Gasteiger partial charge in [-0.3, -0.25) is 4.79 Å². The SMILES string of the molecule is CC(C)[SiH](C(C)C)C(C)C.O=C([C@H](O)Cn1ccc2ccccc21)N1CCN(c2ccc(S(=O)(=O)Cc3nccs3)cc2)CC1. The standard InChI is InChI=1S/C25H26N4O4S2.C9H22Si/c30-23(17-29-11-9-19-3-1-2-4-22(19)29)25(31)28-14-12-27(13-15-28)20-5-7-21(8-6-20)35(32,33)18-24-26-10-16-34-24;1-7(2)10(8(3)4)9(5)6/h1-11,16,23,30H,12-15,17-18H2;7-10H,1-6H3/t23-;/m1./s1. The van der Waals surface area contributed by atoms with Crippen molar-refractivity contribution in [2.75, 3.05) is 31.1 Å². The van der Waals surface area contributed by atoms with E-state index >= 15 is 0 Å². The molecule has 45 heavy (non-hydrogen) atoms. The highest BCUT2D eigenvalue weighted by Gasteiger charge is 2.27. The number of aliphatic hydroxyl groups is 1. The summed E-state index contributed by atoms with van der Waals surface area (Å²) in [5.41, 5.74) is 4.81. The molecule has 2 aromatic heterocycles. The minimum atomic E-state index is -3.45. The fourth-order valence-electron chi connectivity index (χ4n) is 6.70. The summed E-state index contributed by atoms with van der Waals surface area (Å²) in [7, 11) is -3.90. The van der Waals surface area contributed by atoms with E-state index in [0.717, 1.165) is 33.2 Å². The zero-order chi connectivity index (χ0) is 32.7. The van der Waals surface area contributed by atoms with Crippen molar-refractivity contribution in [3.05, 3.63) is 77.4 Å². The molecular weight excluding hydrogens is 621 g/mol. The Labute approximate surface area is 274 Å². The van der Waals surface area contributed by atoms with Gasteiger partial charge in [0, 0.05) is 64.0 Å². The molecule has 0 unspecified atom stereocenters. The number of para-hydroxylation sites is 1. The summed E-state index contributed by atoms with van der Waals surface area (Å²) in [6.45, 7) is 16.7. The maximum atomic E-state index is 12.9. The number of hydrogen-bond acceptors (Lipinski definition) is 7. The van der Waals surface area contributed by atoms with Crippen LogP contribution in [0.1, 0.15) is 46.6 Å². The monoisotopic (exact) mass is 668 g/mol. The number of carbonyl (C=O) groups is 1. The Balaban J connectivity index is 0.000000399. The second kappa shape index (κ2) is 15.5. The smallest absolute Gasteiger partial charge is 0.253 e. The van der Waals surface area contributed by atoms with Crippen molar-refractivity contribution in [2.24, 2.45) is 0 Å². The number of aliphatic hydroxyl groups excluding tert-OH is 1. The molecular formula is C34H48N4O4S2Si. The number of benzene rings is 2. The first-order chi connectivity index (χ1) is 21.4. The van der Waals surface area contributed by atoms with E-state index in [2.05, 4.69) is 51.4 Å². The lowest BCUT2D eigenvalue weighted by molar-refractivity contribution is -0.141. The van der Waals surface area contributed by atoms with E-state index in [9.17, 15) is 18.3 Å². The number of hydrogen-bond donors (Lipinski definition) is 1. The first-order valence-electron chi connectivity index (χ1n) is 15.8. The average Bonchev–Trinajstić information content (AvgIpc) is 3.66. The van der Waals surface area contributed by atoms with E-state index in [1.54, 1.807) is 40.7 Å². The lowest BCUT2D eigenvalue weighted by Crippen LogP contribution is -2.52. The van der Waals surface area contributed by atoms with Crippen molar-refractivity contribution in [3.8, 4) is 0 Å². The van der Waals surface area contributed by atoms with Gasteiger partial charge in [-0.05, 0) is 41.8 Å². The number of piperazine rings is 1. The van der Waals surface area contributed by atoms with E-state index < -0.39 is 24.7 Å². The van der Waals surface area contributed by atoms with Crippen LogP contribution >= 0.6 is 11.3 Å². The number of amides is 1. The van der Waals surface area contributed by atoms with Crippen LogP contribution in [0.25, 0.3) is 10.9 Å². The van der Waals surface area contributed by atoms with Gasteiger partial charge in [-0.2, -0.15) is 0 Å². The fraction of sp³-hybridized carbons (Fsp3) is 0.471. The van der Waals surface area contributed by atoms with Crippen LogP contribution in [0.4, 0.5) is 5.69 Å². The van der Waals surface area contributed by atoms with Crippen molar-refractivity contribution >= 4 is 52.5 Å². The van der Waals surface area contributed by atoms with Gasteiger partial charge < -0.3 is 19.5 Å². The summed E-state index contributed by atoms with van der Waals surface area (Å²) < 4.78 is 27.2. The molecule has 0 aliphatic carbocycles. The molecule has 8 nitrogen and oxygen atoms in total. The molecule has 1 atom stereocenters. The van der Waals surface area contributed by atoms with Crippen LogP contribution in [0.3, 0.4) is 0 Å². The molecule has 0 saturated carbocycles. The van der Waals surface area contributed by atoms with Crippen LogP contribution < -0.4 is 4.90 Å². The molecule has 11 heteroatoms. The number of nitrogens with zero attached hydrogens (tertiary/aromatic N) is 4. The van der Waals surface area contributed by atoms with Gasteiger partial charge in [-0.1, -0.05) is 76.4 Å². The summed E-state index contributed by atoms with van der Waals surface area (Å²) in [6, 6.07) is 16.7. The predicted molar refractivity (Wildman–Crippen MR) is 189 cm³/mol. The maximum Gasteiger partial charge on any atom is 0.253 e. The summed E-state index contributed by atoms with van der Waals surface area (Å²) in [5.74, 6) is -0.377. The normalized spacial score (nSPS) is 14.8. The maximum absolute atomic E-state index is 12.9. The molecule has 2 aromatic carbocycles. The van der Waals surface area contributed by atoms with Crippen LogP contribution in [0, 0.1) is 0 Å². The van der Waals surface area contributed by atoms with Crippen molar-refractivity contribution in [1.82, 2.24) is 14.5 Å². The second-order valence-corrected chi connectivity index (χ2v) is 21.0.